The molecule has 5 heteroatoms. The minimum Gasteiger partial charge on any atom is -0.257 e. The molecule has 1 aliphatic carbocycles. The van der Waals surface area contributed by atoms with Crippen LogP contribution in [0.1, 0.15) is 44.7 Å². The molecule has 0 unspecified atom stereocenters. The summed E-state index contributed by atoms with van der Waals surface area (Å²) in [5, 5.41) is 7.76. The lowest BCUT2D eigenvalue weighted by Gasteiger charge is -2.39. The molecule has 4 nitrogen and oxygen atoms in total. The van der Waals surface area contributed by atoms with Crippen molar-refractivity contribution in [2.45, 2.75) is 46.0 Å². The average Bonchev–Trinajstić information content (AvgIpc) is 2.79. The third-order valence-corrected chi connectivity index (χ3v) is 4.97. The van der Waals surface area contributed by atoms with Crippen LogP contribution in [0.2, 0.25) is 0 Å². The molecular weight excluding hydrogens is 244 g/mol. The second-order valence-electron chi connectivity index (χ2n) is 6.53. The number of rotatable bonds is 1. The first-order valence-corrected chi connectivity index (χ1v) is 7.05. The summed E-state index contributed by atoms with van der Waals surface area (Å²) in [5.41, 5.74) is 1.77. The van der Waals surface area contributed by atoms with Crippen LogP contribution in [0.15, 0.2) is 6.33 Å². The summed E-state index contributed by atoms with van der Waals surface area (Å²) < 4.78 is 0. The van der Waals surface area contributed by atoms with Crippen LogP contribution in [0.4, 0.5) is 0 Å². The molecule has 2 heterocycles. The van der Waals surface area contributed by atoms with Gasteiger partial charge in [-0.2, -0.15) is 5.10 Å². The standard InChI is InChI=1S/C13H18N4S/c1-12(2)5-8-9(13(3,4)6-12)18-11(16-8)10-14-7-15-17-10/h7H,5-6H2,1-4H3,(H,14,15,17). The van der Waals surface area contributed by atoms with Gasteiger partial charge in [0, 0.05) is 10.3 Å². The number of aromatic amines is 1. The Morgan fingerprint density at radius 2 is 2.06 bits per heavy atom. The highest BCUT2D eigenvalue weighted by Crippen LogP contribution is 2.48. The summed E-state index contributed by atoms with van der Waals surface area (Å²) in [7, 11) is 0. The molecule has 0 atom stereocenters. The predicted octanol–water partition coefficient (Wildman–Crippen LogP) is 3.18. The Morgan fingerprint density at radius 1 is 1.28 bits per heavy atom. The summed E-state index contributed by atoms with van der Waals surface area (Å²) in [6.45, 7) is 9.28. The van der Waals surface area contributed by atoms with E-state index in [1.165, 1.54) is 23.3 Å². The molecule has 0 fully saturated rings. The highest BCUT2D eigenvalue weighted by Gasteiger charge is 2.40. The quantitative estimate of drug-likeness (QED) is 0.858. The number of thiazole rings is 1. The monoisotopic (exact) mass is 262 g/mol. The van der Waals surface area contributed by atoms with Gasteiger partial charge in [-0.15, -0.1) is 11.3 Å². The molecule has 3 rings (SSSR count). The van der Waals surface area contributed by atoms with Gasteiger partial charge in [0.2, 0.25) is 0 Å². The van der Waals surface area contributed by atoms with Gasteiger partial charge in [-0.1, -0.05) is 27.7 Å². The predicted molar refractivity (Wildman–Crippen MR) is 72.6 cm³/mol. The van der Waals surface area contributed by atoms with Crippen molar-refractivity contribution in [2.24, 2.45) is 5.41 Å². The first-order valence-electron chi connectivity index (χ1n) is 6.23. The van der Waals surface area contributed by atoms with Crippen molar-refractivity contribution < 1.29 is 0 Å². The Bertz CT molecular complexity index is 566. The van der Waals surface area contributed by atoms with Gasteiger partial charge < -0.3 is 0 Å². The number of hydrogen-bond donors (Lipinski definition) is 1. The molecule has 96 valence electrons. The van der Waals surface area contributed by atoms with E-state index in [2.05, 4.69) is 42.9 Å². The van der Waals surface area contributed by atoms with E-state index in [9.17, 15) is 0 Å². The van der Waals surface area contributed by atoms with Crippen LogP contribution in [0.3, 0.4) is 0 Å². The first kappa shape index (κ1) is 11.8. The molecular formula is C13H18N4S. The van der Waals surface area contributed by atoms with Crippen molar-refractivity contribution in [3.8, 4) is 10.8 Å². The number of aromatic nitrogens is 4. The van der Waals surface area contributed by atoms with Gasteiger partial charge in [0.25, 0.3) is 0 Å². The molecule has 0 aliphatic heterocycles. The third-order valence-electron chi connectivity index (χ3n) is 3.50. The molecule has 0 spiro atoms. The molecule has 2 aromatic heterocycles. The Balaban J connectivity index is 2.10. The van der Waals surface area contributed by atoms with E-state index in [0.717, 1.165) is 17.3 Å². The molecule has 0 bridgehead atoms. The Morgan fingerprint density at radius 3 is 2.72 bits per heavy atom. The van der Waals surface area contributed by atoms with Crippen molar-refractivity contribution in [3.63, 3.8) is 0 Å². The fourth-order valence-electron chi connectivity index (χ4n) is 3.20. The van der Waals surface area contributed by atoms with Crippen molar-refractivity contribution in [2.75, 3.05) is 0 Å². The summed E-state index contributed by atoms with van der Waals surface area (Å²) in [6, 6.07) is 0. The number of hydrogen-bond acceptors (Lipinski definition) is 4. The zero-order chi connectivity index (χ0) is 13.0. The fourth-order valence-corrected chi connectivity index (χ4v) is 4.33. The van der Waals surface area contributed by atoms with E-state index in [-0.39, 0.29) is 5.41 Å². The van der Waals surface area contributed by atoms with Crippen LogP contribution in [-0.2, 0) is 11.8 Å². The van der Waals surface area contributed by atoms with E-state index in [1.54, 1.807) is 11.3 Å². The Labute approximate surface area is 111 Å². The number of nitrogens with zero attached hydrogens (tertiary/aromatic N) is 3. The smallest absolute Gasteiger partial charge is 0.184 e. The first-order chi connectivity index (χ1) is 8.37. The summed E-state index contributed by atoms with van der Waals surface area (Å²) in [4.78, 5) is 10.4. The zero-order valence-corrected chi connectivity index (χ0v) is 12.1. The molecule has 1 N–H and O–H groups in total. The number of H-pyrrole nitrogens is 1. The maximum absolute atomic E-state index is 4.77. The van der Waals surface area contributed by atoms with Crippen molar-refractivity contribution in [1.82, 2.24) is 20.2 Å². The van der Waals surface area contributed by atoms with Crippen LogP contribution >= 0.6 is 11.3 Å². The Hall–Kier alpha value is -1.23. The van der Waals surface area contributed by atoms with Gasteiger partial charge in [-0.25, -0.2) is 9.97 Å². The van der Waals surface area contributed by atoms with Gasteiger partial charge >= 0.3 is 0 Å². The minimum absolute atomic E-state index is 0.201. The van der Waals surface area contributed by atoms with Gasteiger partial charge in [0.15, 0.2) is 10.8 Å². The topological polar surface area (TPSA) is 54.5 Å². The van der Waals surface area contributed by atoms with E-state index in [0.29, 0.717) is 5.41 Å². The van der Waals surface area contributed by atoms with Crippen LogP contribution in [0, 0.1) is 5.41 Å². The maximum Gasteiger partial charge on any atom is 0.184 e. The van der Waals surface area contributed by atoms with Crippen LogP contribution in [0.5, 0.6) is 0 Å². The molecule has 1 aliphatic rings. The number of fused-ring (bicyclic) bond motifs is 1. The van der Waals surface area contributed by atoms with Crippen molar-refractivity contribution in [1.29, 1.82) is 0 Å². The summed E-state index contributed by atoms with van der Waals surface area (Å²) >= 11 is 1.76. The van der Waals surface area contributed by atoms with E-state index in [4.69, 9.17) is 4.98 Å². The fraction of sp³-hybridized carbons (Fsp3) is 0.615. The lowest BCUT2D eigenvalue weighted by molar-refractivity contribution is 0.232. The maximum atomic E-state index is 4.77. The van der Waals surface area contributed by atoms with Gasteiger partial charge in [-0.05, 0) is 18.3 Å². The minimum atomic E-state index is 0.201. The highest BCUT2D eigenvalue weighted by molar-refractivity contribution is 7.15. The molecule has 0 radical (unpaired) electrons. The molecule has 0 saturated carbocycles. The second-order valence-corrected chi connectivity index (χ2v) is 7.53. The normalized spacial score (nSPS) is 20.7. The third kappa shape index (κ3) is 1.86. The average molecular weight is 262 g/mol. The highest BCUT2D eigenvalue weighted by atomic mass is 32.1. The van der Waals surface area contributed by atoms with Crippen LogP contribution < -0.4 is 0 Å². The lowest BCUT2D eigenvalue weighted by atomic mass is 9.67. The van der Waals surface area contributed by atoms with E-state index >= 15 is 0 Å². The largest absolute Gasteiger partial charge is 0.257 e. The van der Waals surface area contributed by atoms with Crippen LogP contribution in [0.25, 0.3) is 10.8 Å². The molecule has 2 aromatic rings. The van der Waals surface area contributed by atoms with Crippen molar-refractivity contribution in [3.05, 3.63) is 16.9 Å². The number of nitrogens with one attached hydrogen (secondary N) is 1. The summed E-state index contributed by atoms with van der Waals surface area (Å²) in [6.07, 6.45) is 3.78. The van der Waals surface area contributed by atoms with E-state index < -0.39 is 0 Å². The molecule has 18 heavy (non-hydrogen) atoms. The molecule has 0 amide bonds. The molecule has 0 aromatic carbocycles. The van der Waals surface area contributed by atoms with E-state index in [1.807, 2.05) is 0 Å². The zero-order valence-electron chi connectivity index (χ0n) is 11.2. The Kier molecular flexibility index (Phi) is 2.39. The summed E-state index contributed by atoms with van der Waals surface area (Å²) in [5.74, 6) is 0.781. The SMILES string of the molecule is CC1(C)Cc2nc(-c3ncn[nH]3)sc2C(C)(C)C1. The van der Waals surface area contributed by atoms with Crippen LogP contribution in [-0.4, -0.2) is 20.2 Å². The lowest BCUT2D eigenvalue weighted by Crippen LogP contribution is -2.33. The second kappa shape index (κ2) is 3.63. The molecule has 0 saturated heterocycles. The van der Waals surface area contributed by atoms with Gasteiger partial charge in [-0.3, -0.25) is 5.10 Å². The van der Waals surface area contributed by atoms with Crippen molar-refractivity contribution >= 4 is 11.3 Å². The van der Waals surface area contributed by atoms with Gasteiger partial charge in [0.05, 0.1) is 5.69 Å². The van der Waals surface area contributed by atoms with Gasteiger partial charge in [0.1, 0.15) is 6.33 Å².